The van der Waals surface area contributed by atoms with E-state index in [0.29, 0.717) is 18.7 Å². The summed E-state index contributed by atoms with van der Waals surface area (Å²) >= 11 is 0. The summed E-state index contributed by atoms with van der Waals surface area (Å²) in [5, 5.41) is 30.8. The fourth-order valence-corrected chi connectivity index (χ4v) is 2.20. The molecule has 0 saturated heterocycles. The number of Topliss-reactive ketones (excluding diaryl/α,β-unsaturated/α-hetero) is 1. The topological polar surface area (TPSA) is 142 Å². The second-order valence-corrected chi connectivity index (χ2v) is 5.18. The van der Waals surface area contributed by atoms with E-state index in [2.05, 4.69) is 5.32 Å². The number of nitrogens with one attached hydrogen (secondary N) is 1. The number of carboxylic acids is 1. The number of aliphatic hydroxyl groups excluding tert-OH is 1. The van der Waals surface area contributed by atoms with Crippen LogP contribution in [0.4, 0.5) is 0 Å². The Bertz CT molecular complexity index is 436. The van der Waals surface area contributed by atoms with E-state index in [0.717, 1.165) is 0 Å². The molecule has 8 nitrogen and oxygen atoms in total. The molecule has 1 rings (SSSR count). The number of methoxy groups -OCH3 is 1. The minimum atomic E-state index is -1.49. The van der Waals surface area contributed by atoms with Crippen LogP contribution in [0.15, 0.2) is 11.5 Å². The molecule has 0 heterocycles. The number of allylic oxidation sites excluding steroid dienone is 1. The number of aliphatic hydroxyl groups is 2. The molecule has 0 saturated carbocycles. The Hall–Kier alpha value is -1.64. The molecule has 8 heteroatoms. The number of ketones is 1. The molecular formula is C13H22N2O6. The Morgan fingerprint density at radius 2 is 2.19 bits per heavy atom. The highest BCUT2D eigenvalue weighted by Gasteiger charge is 2.38. The molecule has 0 bridgehead atoms. The first kappa shape index (κ1) is 17.4. The average Bonchev–Trinajstić information content (AvgIpc) is 2.42. The van der Waals surface area contributed by atoms with Crippen LogP contribution < -0.4 is 11.1 Å². The highest BCUT2D eigenvalue weighted by atomic mass is 16.5. The van der Waals surface area contributed by atoms with Gasteiger partial charge in [0.2, 0.25) is 5.78 Å². The quantitative estimate of drug-likeness (QED) is 0.349. The van der Waals surface area contributed by atoms with Gasteiger partial charge in [-0.25, -0.2) is 0 Å². The number of hydrogen-bond donors (Lipinski definition) is 5. The molecule has 0 unspecified atom stereocenters. The van der Waals surface area contributed by atoms with Gasteiger partial charge in [0.15, 0.2) is 5.76 Å². The van der Waals surface area contributed by atoms with Gasteiger partial charge in [-0.05, 0) is 12.8 Å². The lowest BCUT2D eigenvalue weighted by Gasteiger charge is -2.32. The van der Waals surface area contributed by atoms with E-state index in [4.69, 9.17) is 15.6 Å². The second kappa shape index (κ2) is 7.39. The van der Waals surface area contributed by atoms with Crippen LogP contribution in [0.25, 0.3) is 0 Å². The van der Waals surface area contributed by atoms with Crippen LogP contribution in [-0.4, -0.2) is 59.0 Å². The van der Waals surface area contributed by atoms with Gasteiger partial charge in [0.05, 0.1) is 19.4 Å². The van der Waals surface area contributed by atoms with Crippen LogP contribution in [0, 0.1) is 0 Å². The van der Waals surface area contributed by atoms with Crippen molar-refractivity contribution in [1.82, 2.24) is 5.32 Å². The lowest BCUT2D eigenvalue weighted by molar-refractivity contribution is -0.138. The van der Waals surface area contributed by atoms with Crippen molar-refractivity contribution in [3.8, 4) is 0 Å². The van der Waals surface area contributed by atoms with Crippen molar-refractivity contribution in [2.75, 3.05) is 20.3 Å². The number of nitrogens with two attached hydrogens (primary N) is 1. The Balaban J connectivity index is 2.61. The highest BCUT2D eigenvalue weighted by Crippen LogP contribution is 2.29. The van der Waals surface area contributed by atoms with Crippen molar-refractivity contribution < 1.29 is 29.6 Å². The summed E-state index contributed by atoms with van der Waals surface area (Å²) in [5.74, 6) is -1.31. The van der Waals surface area contributed by atoms with Gasteiger partial charge >= 0.3 is 5.97 Å². The smallest absolute Gasteiger partial charge is 0.320 e. The van der Waals surface area contributed by atoms with Crippen molar-refractivity contribution in [3.05, 3.63) is 11.5 Å². The van der Waals surface area contributed by atoms with Crippen LogP contribution in [-0.2, 0) is 14.3 Å². The largest absolute Gasteiger partial charge is 0.491 e. The van der Waals surface area contributed by atoms with Crippen molar-refractivity contribution >= 4 is 11.8 Å². The summed E-state index contributed by atoms with van der Waals surface area (Å²) in [6.45, 7) is -0.136. The molecule has 0 aromatic rings. The van der Waals surface area contributed by atoms with E-state index in [1.54, 1.807) is 0 Å². The first-order valence-corrected chi connectivity index (χ1v) is 6.69. The van der Waals surface area contributed by atoms with Crippen molar-refractivity contribution in [3.63, 3.8) is 0 Å². The summed E-state index contributed by atoms with van der Waals surface area (Å²) in [6.07, 6.45) is 0.654. The lowest BCUT2D eigenvalue weighted by Crippen LogP contribution is -2.43. The van der Waals surface area contributed by atoms with E-state index >= 15 is 0 Å². The standard InChI is InChI=1S/C13H22N2O6/c1-21-11-9(5-13(20,7-16)6-10(11)17)15-4-2-3-8(14)12(18)19/h8,15-16,20H,2-7,14H2,1H3,(H,18,19)/t8-,13-/m1/s1. The highest BCUT2D eigenvalue weighted by molar-refractivity contribution is 5.95. The molecule has 0 spiro atoms. The van der Waals surface area contributed by atoms with Crippen LogP contribution in [0.3, 0.4) is 0 Å². The van der Waals surface area contributed by atoms with Gasteiger partial charge in [-0.1, -0.05) is 0 Å². The molecule has 120 valence electrons. The van der Waals surface area contributed by atoms with Crippen LogP contribution in [0.5, 0.6) is 0 Å². The predicted octanol–water partition coefficient (Wildman–Crippen LogP) is -1.29. The molecule has 1 aliphatic rings. The molecule has 0 aromatic carbocycles. The maximum atomic E-state index is 11.8. The monoisotopic (exact) mass is 302 g/mol. The zero-order chi connectivity index (χ0) is 16.0. The summed E-state index contributed by atoms with van der Waals surface area (Å²) in [6, 6.07) is -0.926. The van der Waals surface area contributed by atoms with Crippen LogP contribution in [0.2, 0.25) is 0 Å². The van der Waals surface area contributed by atoms with E-state index in [9.17, 15) is 19.8 Å². The second-order valence-electron chi connectivity index (χ2n) is 5.18. The SMILES string of the molecule is COC1=C(NCCC[C@@H](N)C(=O)O)C[C@](O)(CO)CC1=O. The molecule has 2 atom stereocenters. The van der Waals surface area contributed by atoms with Crippen LogP contribution >= 0.6 is 0 Å². The maximum absolute atomic E-state index is 11.8. The number of carbonyl (C=O) groups excluding carboxylic acids is 1. The molecule has 21 heavy (non-hydrogen) atoms. The molecular weight excluding hydrogens is 280 g/mol. The first-order valence-electron chi connectivity index (χ1n) is 6.69. The normalized spacial score (nSPS) is 23.9. The molecule has 6 N–H and O–H groups in total. The van der Waals surface area contributed by atoms with Gasteiger partial charge in [0.1, 0.15) is 11.6 Å². The number of rotatable bonds is 8. The zero-order valence-electron chi connectivity index (χ0n) is 12.0. The van der Waals surface area contributed by atoms with Gasteiger partial charge in [-0.15, -0.1) is 0 Å². The summed E-state index contributed by atoms with van der Waals surface area (Å²) in [5.41, 5.74) is 4.31. The molecule has 0 fully saturated rings. The third-order valence-corrected chi connectivity index (χ3v) is 3.37. The van der Waals surface area contributed by atoms with E-state index in [-0.39, 0.29) is 30.8 Å². The Labute approximate surface area is 122 Å². The molecule has 0 aliphatic heterocycles. The summed E-state index contributed by atoms with van der Waals surface area (Å²) in [4.78, 5) is 22.4. The number of carboxylic acid groups (broad SMARTS) is 1. The van der Waals surface area contributed by atoms with Crippen LogP contribution in [0.1, 0.15) is 25.7 Å². The minimum Gasteiger partial charge on any atom is -0.491 e. The Morgan fingerprint density at radius 3 is 2.71 bits per heavy atom. The fourth-order valence-electron chi connectivity index (χ4n) is 2.20. The van der Waals surface area contributed by atoms with Crippen molar-refractivity contribution in [2.24, 2.45) is 5.73 Å². The van der Waals surface area contributed by atoms with E-state index < -0.39 is 24.2 Å². The zero-order valence-corrected chi connectivity index (χ0v) is 12.0. The summed E-state index contributed by atoms with van der Waals surface area (Å²) < 4.78 is 5.03. The van der Waals surface area contributed by atoms with Gasteiger partial charge < -0.3 is 31.1 Å². The van der Waals surface area contributed by atoms with Crippen molar-refractivity contribution in [2.45, 2.75) is 37.3 Å². The average molecular weight is 302 g/mol. The molecule has 0 amide bonds. The number of ether oxygens (including phenoxy) is 1. The third-order valence-electron chi connectivity index (χ3n) is 3.37. The van der Waals surface area contributed by atoms with Gasteiger partial charge in [0.25, 0.3) is 0 Å². The van der Waals surface area contributed by atoms with E-state index in [1.165, 1.54) is 7.11 Å². The van der Waals surface area contributed by atoms with Gasteiger partial charge in [-0.3, -0.25) is 9.59 Å². The fraction of sp³-hybridized carbons (Fsp3) is 0.692. The first-order chi connectivity index (χ1) is 9.83. The maximum Gasteiger partial charge on any atom is 0.320 e. The Morgan fingerprint density at radius 1 is 1.52 bits per heavy atom. The van der Waals surface area contributed by atoms with E-state index in [1.807, 2.05) is 0 Å². The van der Waals surface area contributed by atoms with Gasteiger partial charge in [-0.2, -0.15) is 0 Å². The minimum absolute atomic E-state index is 0.0728. The molecule has 0 radical (unpaired) electrons. The third kappa shape index (κ3) is 4.69. The lowest BCUT2D eigenvalue weighted by atomic mass is 9.86. The number of carbonyl (C=O) groups is 2. The molecule has 1 aliphatic carbocycles. The van der Waals surface area contributed by atoms with Gasteiger partial charge in [0, 0.05) is 19.4 Å². The number of aliphatic carboxylic acids is 1. The Kier molecular flexibility index (Phi) is 6.13. The van der Waals surface area contributed by atoms with Crippen molar-refractivity contribution in [1.29, 1.82) is 0 Å². The summed E-state index contributed by atoms with van der Waals surface area (Å²) in [7, 11) is 1.36. The number of hydrogen-bond acceptors (Lipinski definition) is 7. The molecule has 0 aromatic heterocycles. The predicted molar refractivity (Wildman–Crippen MR) is 73.2 cm³/mol.